The van der Waals surface area contributed by atoms with Gasteiger partial charge in [-0.25, -0.2) is 0 Å². The Balaban J connectivity index is 2.15. The van der Waals surface area contributed by atoms with Gasteiger partial charge in [-0.1, -0.05) is 0 Å². The molecule has 0 saturated heterocycles. The highest BCUT2D eigenvalue weighted by atomic mass is 16.3. The van der Waals surface area contributed by atoms with Gasteiger partial charge in [-0.05, 0) is 13.0 Å². The van der Waals surface area contributed by atoms with Gasteiger partial charge in [-0.2, -0.15) is 0 Å². The molecule has 0 aliphatic rings. The predicted octanol–water partition coefficient (Wildman–Crippen LogP) is -0.104. The molecule has 17 heavy (non-hydrogen) atoms. The summed E-state index contributed by atoms with van der Waals surface area (Å²) in [7, 11) is 0. The van der Waals surface area contributed by atoms with Crippen LogP contribution in [0.4, 0.5) is 0 Å². The van der Waals surface area contributed by atoms with Crippen molar-refractivity contribution >= 4 is 11.8 Å². The van der Waals surface area contributed by atoms with Gasteiger partial charge in [0.1, 0.15) is 6.26 Å². The lowest BCUT2D eigenvalue weighted by atomic mass is 10.3. The number of aliphatic hydroxyl groups excluding tert-OH is 1. The lowest BCUT2D eigenvalue weighted by molar-refractivity contribution is -0.121. The minimum Gasteiger partial charge on any atom is -0.472 e. The molecule has 1 rings (SSSR count). The summed E-state index contributed by atoms with van der Waals surface area (Å²) >= 11 is 0. The molecule has 1 atom stereocenters. The molecule has 1 aromatic heterocycles. The van der Waals surface area contributed by atoms with E-state index in [4.69, 9.17) is 9.52 Å². The first-order valence-electron chi connectivity index (χ1n) is 5.34. The van der Waals surface area contributed by atoms with Crippen molar-refractivity contribution in [2.24, 2.45) is 0 Å². The first-order chi connectivity index (χ1) is 8.09. The molecular formula is C11H16N2O4. The first kappa shape index (κ1) is 13.2. The van der Waals surface area contributed by atoms with Gasteiger partial charge in [0.2, 0.25) is 5.91 Å². The standard InChI is InChI=1S/C11H16N2O4/c1-8(14)6-13-10(15)2-4-12-11(16)9-3-5-17-7-9/h3,5,7-8,14H,2,4,6H2,1H3,(H,12,16)(H,13,15)/t8-/m1/s1. The molecule has 1 aromatic rings. The summed E-state index contributed by atoms with van der Waals surface area (Å²) in [4.78, 5) is 22.6. The maximum atomic E-state index is 11.4. The number of furan rings is 1. The molecule has 0 saturated carbocycles. The third kappa shape index (κ3) is 5.17. The van der Waals surface area contributed by atoms with Gasteiger partial charge in [0.25, 0.3) is 5.91 Å². The summed E-state index contributed by atoms with van der Waals surface area (Å²) in [6.45, 7) is 2.05. The Kier molecular flexibility index (Phi) is 5.22. The SMILES string of the molecule is C[C@@H](O)CNC(=O)CCNC(=O)c1ccoc1. The molecule has 0 radical (unpaired) electrons. The second-order valence-electron chi connectivity index (χ2n) is 3.67. The highest BCUT2D eigenvalue weighted by molar-refractivity contribution is 5.93. The van der Waals surface area contributed by atoms with Crippen LogP contribution in [0, 0.1) is 0 Å². The number of amides is 2. The molecular weight excluding hydrogens is 224 g/mol. The third-order valence-corrected chi connectivity index (χ3v) is 2.02. The van der Waals surface area contributed by atoms with Gasteiger partial charge < -0.3 is 20.2 Å². The quantitative estimate of drug-likeness (QED) is 0.647. The Morgan fingerprint density at radius 1 is 1.47 bits per heavy atom. The van der Waals surface area contributed by atoms with Crippen LogP contribution < -0.4 is 10.6 Å². The number of hydrogen-bond donors (Lipinski definition) is 3. The van der Waals surface area contributed by atoms with Crippen LogP contribution in [0.3, 0.4) is 0 Å². The monoisotopic (exact) mass is 240 g/mol. The Labute approximate surface area is 99.0 Å². The molecule has 3 N–H and O–H groups in total. The number of nitrogens with one attached hydrogen (secondary N) is 2. The van der Waals surface area contributed by atoms with Crippen LogP contribution in [0.25, 0.3) is 0 Å². The van der Waals surface area contributed by atoms with E-state index in [0.717, 1.165) is 0 Å². The molecule has 0 aliphatic heterocycles. The summed E-state index contributed by atoms with van der Waals surface area (Å²) in [5.41, 5.74) is 0.425. The molecule has 2 amide bonds. The molecule has 1 heterocycles. The normalized spacial score (nSPS) is 11.9. The Bertz CT molecular complexity index is 360. The van der Waals surface area contributed by atoms with E-state index < -0.39 is 6.10 Å². The first-order valence-corrected chi connectivity index (χ1v) is 5.34. The number of hydrogen-bond acceptors (Lipinski definition) is 4. The zero-order valence-electron chi connectivity index (χ0n) is 9.60. The molecule has 0 bridgehead atoms. The summed E-state index contributed by atoms with van der Waals surface area (Å²) in [5, 5.41) is 14.1. The molecule has 0 aromatic carbocycles. The molecule has 0 unspecified atom stereocenters. The fourth-order valence-corrected chi connectivity index (χ4v) is 1.14. The Morgan fingerprint density at radius 2 is 2.24 bits per heavy atom. The van der Waals surface area contributed by atoms with Crippen molar-refractivity contribution in [1.29, 1.82) is 0 Å². The number of aliphatic hydroxyl groups is 1. The maximum absolute atomic E-state index is 11.4. The second-order valence-corrected chi connectivity index (χ2v) is 3.67. The van der Waals surface area contributed by atoms with Crippen molar-refractivity contribution in [2.45, 2.75) is 19.4 Å². The van der Waals surface area contributed by atoms with E-state index in [1.54, 1.807) is 13.0 Å². The lowest BCUT2D eigenvalue weighted by Crippen LogP contribution is -2.34. The van der Waals surface area contributed by atoms with Crippen LogP contribution in [0.5, 0.6) is 0 Å². The largest absolute Gasteiger partial charge is 0.472 e. The van der Waals surface area contributed by atoms with Crippen molar-refractivity contribution in [1.82, 2.24) is 10.6 Å². The summed E-state index contributed by atoms with van der Waals surface area (Å²) < 4.78 is 4.76. The van der Waals surface area contributed by atoms with E-state index in [9.17, 15) is 9.59 Å². The van der Waals surface area contributed by atoms with E-state index >= 15 is 0 Å². The van der Waals surface area contributed by atoms with E-state index in [0.29, 0.717) is 5.56 Å². The second kappa shape index (κ2) is 6.70. The van der Waals surface area contributed by atoms with Gasteiger partial charge >= 0.3 is 0 Å². The third-order valence-electron chi connectivity index (χ3n) is 2.02. The molecule has 0 spiro atoms. The van der Waals surface area contributed by atoms with E-state index in [1.165, 1.54) is 12.5 Å². The van der Waals surface area contributed by atoms with Crippen molar-refractivity contribution in [3.8, 4) is 0 Å². The molecule has 6 heteroatoms. The van der Waals surface area contributed by atoms with E-state index in [1.807, 2.05) is 0 Å². The van der Waals surface area contributed by atoms with Gasteiger partial charge in [0.15, 0.2) is 0 Å². The van der Waals surface area contributed by atoms with Crippen LogP contribution in [-0.2, 0) is 4.79 Å². The van der Waals surface area contributed by atoms with Gasteiger partial charge in [-0.3, -0.25) is 9.59 Å². The predicted molar refractivity (Wildman–Crippen MR) is 60.3 cm³/mol. The molecule has 0 aliphatic carbocycles. The summed E-state index contributed by atoms with van der Waals surface area (Å²) in [6.07, 6.45) is 2.35. The number of rotatable bonds is 6. The number of carbonyl (C=O) groups excluding carboxylic acids is 2. The van der Waals surface area contributed by atoms with Gasteiger partial charge in [-0.15, -0.1) is 0 Å². The lowest BCUT2D eigenvalue weighted by Gasteiger charge is -2.07. The van der Waals surface area contributed by atoms with E-state index in [-0.39, 0.29) is 31.3 Å². The molecule has 0 fully saturated rings. The van der Waals surface area contributed by atoms with Crippen molar-refractivity contribution in [3.63, 3.8) is 0 Å². The van der Waals surface area contributed by atoms with Crippen LogP contribution in [-0.4, -0.2) is 36.1 Å². The maximum Gasteiger partial charge on any atom is 0.254 e. The minimum absolute atomic E-state index is 0.177. The van der Waals surface area contributed by atoms with Crippen LogP contribution in [0.15, 0.2) is 23.0 Å². The average molecular weight is 240 g/mol. The van der Waals surface area contributed by atoms with Gasteiger partial charge in [0, 0.05) is 19.5 Å². The Hall–Kier alpha value is -1.82. The topological polar surface area (TPSA) is 91.6 Å². The molecule has 94 valence electrons. The zero-order valence-corrected chi connectivity index (χ0v) is 9.60. The minimum atomic E-state index is -0.570. The van der Waals surface area contributed by atoms with E-state index in [2.05, 4.69) is 10.6 Å². The van der Waals surface area contributed by atoms with Crippen LogP contribution in [0.2, 0.25) is 0 Å². The highest BCUT2D eigenvalue weighted by Crippen LogP contribution is 1.98. The van der Waals surface area contributed by atoms with Crippen molar-refractivity contribution in [3.05, 3.63) is 24.2 Å². The highest BCUT2D eigenvalue weighted by Gasteiger charge is 2.07. The van der Waals surface area contributed by atoms with Crippen LogP contribution in [0.1, 0.15) is 23.7 Å². The fourth-order valence-electron chi connectivity index (χ4n) is 1.14. The average Bonchev–Trinajstić information content (AvgIpc) is 2.79. The van der Waals surface area contributed by atoms with Crippen molar-refractivity contribution in [2.75, 3.05) is 13.1 Å². The Morgan fingerprint density at radius 3 is 2.82 bits per heavy atom. The number of carbonyl (C=O) groups is 2. The van der Waals surface area contributed by atoms with Crippen molar-refractivity contribution < 1.29 is 19.1 Å². The molecule has 6 nitrogen and oxygen atoms in total. The summed E-state index contributed by atoms with van der Waals surface area (Å²) in [5.74, 6) is -0.486. The van der Waals surface area contributed by atoms with Gasteiger partial charge in [0.05, 0.1) is 17.9 Å². The summed E-state index contributed by atoms with van der Waals surface area (Å²) in [6, 6.07) is 1.54. The smallest absolute Gasteiger partial charge is 0.254 e. The zero-order chi connectivity index (χ0) is 12.7. The fraction of sp³-hybridized carbons (Fsp3) is 0.455. The van der Waals surface area contributed by atoms with Crippen LogP contribution >= 0.6 is 0 Å².